The van der Waals surface area contributed by atoms with Gasteiger partial charge in [0.05, 0.1) is 0 Å². The summed E-state index contributed by atoms with van der Waals surface area (Å²) in [6.45, 7) is 6.85. The van der Waals surface area contributed by atoms with Crippen LogP contribution in [-0.4, -0.2) is 31.4 Å². The Kier molecular flexibility index (Phi) is 8.60. The van der Waals surface area contributed by atoms with Crippen molar-refractivity contribution in [2.45, 2.75) is 25.8 Å². The molecule has 0 saturated heterocycles. The summed E-state index contributed by atoms with van der Waals surface area (Å²) in [7, 11) is -2.51. The third-order valence-electron chi connectivity index (χ3n) is 4.37. The number of halogens is 1. The van der Waals surface area contributed by atoms with Crippen LogP contribution >= 0.6 is 0 Å². The summed E-state index contributed by atoms with van der Waals surface area (Å²) >= 11 is 0. The molecule has 0 atom stereocenters. The first-order valence-electron chi connectivity index (χ1n) is 8.30. The van der Waals surface area contributed by atoms with E-state index in [4.69, 9.17) is 4.43 Å². The van der Waals surface area contributed by atoms with Crippen molar-refractivity contribution in [3.8, 4) is 5.75 Å². The van der Waals surface area contributed by atoms with E-state index in [-0.39, 0.29) is 45.1 Å². The summed E-state index contributed by atoms with van der Waals surface area (Å²) in [5.41, 5.74) is 0. The monoisotopic (exact) mass is 434 g/mol. The predicted molar refractivity (Wildman–Crippen MR) is 109 cm³/mol. The molecule has 0 spiro atoms. The molecule has 0 aliphatic carbocycles. The Morgan fingerprint density at radius 1 is 0.769 bits per heavy atom. The van der Waals surface area contributed by atoms with Crippen molar-refractivity contribution in [2.75, 3.05) is 0 Å². The van der Waals surface area contributed by atoms with Crippen molar-refractivity contribution < 1.29 is 21.4 Å². The predicted octanol–water partition coefficient (Wildman–Crippen LogP) is 1.05. The Balaban J connectivity index is 0.00000169. The molecule has 130 valence electrons. The van der Waals surface area contributed by atoms with Gasteiger partial charge in [-0.2, -0.15) is 18.2 Å². The van der Waals surface area contributed by atoms with Crippen LogP contribution in [0.1, 0.15) is 20.8 Å². The van der Waals surface area contributed by atoms with Crippen LogP contribution in [0.3, 0.4) is 0 Å². The zero-order chi connectivity index (χ0) is 17.0. The number of rotatable bonds is 4. The van der Waals surface area contributed by atoms with Gasteiger partial charge in [0.25, 0.3) is 0 Å². The molecule has 3 aromatic carbocycles. The van der Waals surface area contributed by atoms with E-state index in [1.165, 1.54) is 10.4 Å². The Morgan fingerprint density at radius 2 is 1.27 bits per heavy atom. The van der Waals surface area contributed by atoms with E-state index in [1.54, 1.807) is 0 Å². The molecule has 0 amide bonds. The molecule has 0 saturated carbocycles. The van der Waals surface area contributed by atoms with Crippen molar-refractivity contribution in [2.24, 2.45) is 0 Å². The van der Waals surface area contributed by atoms with Crippen molar-refractivity contribution >= 4 is 41.7 Å². The topological polar surface area (TPSA) is 9.23 Å². The van der Waals surface area contributed by atoms with Gasteiger partial charge in [0.2, 0.25) is 0 Å². The Morgan fingerprint density at radius 3 is 1.65 bits per heavy atom. The summed E-state index contributed by atoms with van der Waals surface area (Å²) < 4.78 is 6.85. The van der Waals surface area contributed by atoms with Crippen LogP contribution in [0.4, 0.5) is 0 Å². The van der Waals surface area contributed by atoms with Crippen molar-refractivity contribution in [1.82, 2.24) is 0 Å². The van der Waals surface area contributed by atoms with Crippen LogP contribution in [0.5, 0.6) is 5.75 Å². The molecule has 4 heteroatoms. The smallest absolute Gasteiger partial charge is 1.00 e. The van der Waals surface area contributed by atoms with Gasteiger partial charge in [-0.15, -0.1) is 12.1 Å². The fourth-order valence-electron chi connectivity index (χ4n) is 3.27. The molecule has 0 aliphatic rings. The molecular weight excluding hydrogens is 413 g/mol. The molecule has 26 heavy (non-hydrogen) atoms. The molecular formula is C22H23BrMgOSi. The average Bonchev–Trinajstić information content (AvgIpc) is 2.61. The van der Waals surface area contributed by atoms with Gasteiger partial charge in [0, 0.05) is 0 Å². The van der Waals surface area contributed by atoms with Crippen LogP contribution in [0, 0.1) is 6.07 Å². The first-order chi connectivity index (χ1) is 11.5. The SMILES string of the molecule is CC(C)(C)[Si](Oc1c[c-]ccc1)(c1ccccc1)c1ccccc1.[Br-].[Mg+2]. The minimum Gasteiger partial charge on any atom is -1.00 e. The van der Waals surface area contributed by atoms with Gasteiger partial charge in [-0.1, -0.05) is 81.4 Å². The Labute approximate surface area is 184 Å². The quantitative estimate of drug-likeness (QED) is 0.440. The maximum Gasteiger partial charge on any atom is 2.00 e. The van der Waals surface area contributed by atoms with Gasteiger partial charge >= 0.3 is 31.4 Å². The molecule has 0 aliphatic heterocycles. The molecule has 0 aromatic heterocycles. The number of benzene rings is 3. The first kappa shape index (κ1) is 23.0. The maximum absolute atomic E-state index is 6.85. The first-order valence-corrected chi connectivity index (χ1v) is 10.2. The van der Waals surface area contributed by atoms with E-state index < -0.39 is 8.32 Å². The molecule has 0 N–H and O–H groups in total. The van der Waals surface area contributed by atoms with Crippen LogP contribution < -0.4 is 31.8 Å². The fourth-order valence-corrected chi connectivity index (χ4v) is 7.68. The normalized spacial score (nSPS) is 11.0. The number of hydrogen-bond acceptors (Lipinski definition) is 1. The molecule has 3 aromatic rings. The van der Waals surface area contributed by atoms with Gasteiger partial charge in [0.15, 0.2) is 0 Å². The standard InChI is InChI=1S/C22H23OSi.BrH.Mg/c1-22(2,3)24(20-15-9-5-10-16-20,21-17-11-6-12-18-21)23-19-13-7-4-8-14-19;;/h4-7,9-18H,1-3H3;1H;/q-1;;+2/p-1. The van der Waals surface area contributed by atoms with E-state index in [9.17, 15) is 0 Å². The van der Waals surface area contributed by atoms with Crippen molar-refractivity contribution in [3.05, 3.63) is 91.0 Å². The minimum absolute atomic E-state index is 0. The second-order valence-corrected chi connectivity index (χ2v) is 11.2. The van der Waals surface area contributed by atoms with Crippen LogP contribution in [0.15, 0.2) is 84.9 Å². The summed E-state index contributed by atoms with van der Waals surface area (Å²) in [5, 5.41) is 2.55. The molecule has 0 bridgehead atoms. The number of hydrogen-bond donors (Lipinski definition) is 0. The zero-order valence-electron chi connectivity index (χ0n) is 15.6. The summed E-state index contributed by atoms with van der Waals surface area (Å²) in [6, 6.07) is 32.3. The third kappa shape index (κ3) is 4.60. The zero-order valence-corrected chi connectivity index (χ0v) is 19.6. The van der Waals surface area contributed by atoms with Gasteiger partial charge in [0.1, 0.15) is 0 Å². The van der Waals surface area contributed by atoms with Gasteiger partial charge in [-0.05, 0) is 21.2 Å². The van der Waals surface area contributed by atoms with E-state index >= 15 is 0 Å². The molecule has 3 rings (SSSR count). The van der Waals surface area contributed by atoms with Crippen LogP contribution in [-0.2, 0) is 0 Å². The molecule has 0 unspecified atom stereocenters. The largest absolute Gasteiger partial charge is 2.00 e. The second kappa shape index (κ2) is 9.74. The fraction of sp³-hybridized carbons (Fsp3) is 0.182. The summed E-state index contributed by atoms with van der Waals surface area (Å²) in [4.78, 5) is 0. The van der Waals surface area contributed by atoms with Gasteiger partial charge < -0.3 is 21.4 Å². The molecule has 0 fully saturated rings. The van der Waals surface area contributed by atoms with Crippen LogP contribution in [0.2, 0.25) is 5.04 Å². The second-order valence-electron chi connectivity index (χ2n) is 7.00. The van der Waals surface area contributed by atoms with Crippen molar-refractivity contribution in [3.63, 3.8) is 0 Å². The van der Waals surface area contributed by atoms with E-state index in [2.05, 4.69) is 87.5 Å². The van der Waals surface area contributed by atoms with E-state index in [0.29, 0.717) is 0 Å². The Hall–Kier alpha value is -1.08. The van der Waals surface area contributed by atoms with Crippen molar-refractivity contribution in [1.29, 1.82) is 0 Å². The van der Waals surface area contributed by atoms with E-state index in [1.807, 2.05) is 24.3 Å². The maximum atomic E-state index is 6.85. The van der Waals surface area contributed by atoms with E-state index in [0.717, 1.165) is 5.75 Å². The summed E-state index contributed by atoms with van der Waals surface area (Å²) in [5.74, 6) is 0.881. The summed E-state index contributed by atoms with van der Waals surface area (Å²) in [6.07, 6.45) is 0. The van der Waals surface area contributed by atoms with Gasteiger partial charge in [-0.25, -0.2) is 0 Å². The minimum atomic E-state index is -2.51. The van der Waals surface area contributed by atoms with Crippen LogP contribution in [0.25, 0.3) is 0 Å². The third-order valence-corrected chi connectivity index (χ3v) is 9.31. The van der Waals surface area contributed by atoms with Gasteiger partial charge in [-0.3, -0.25) is 0 Å². The Bertz CT molecular complexity index is 734. The molecule has 1 nitrogen and oxygen atoms in total. The average molecular weight is 436 g/mol. The molecule has 0 radical (unpaired) electrons. The molecule has 0 heterocycles.